The summed E-state index contributed by atoms with van der Waals surface area (Å²) in [6.45, 7) is 3.38. The van der Waals surface area contributed by atoms with Crippen LogP contribution in [0.15, 0.2) is 24.4 Å². The number of aryl methyl sites for hydroxylation is 1. The number of benzene rings is 1. The van der Waals surface area contributed by atoms with Crippen LogP contribution in [0.4, 0.5) is 10.7 Å². The Morgan fingerprint density at radius 3 is 2.78 bits per heavy atom. The van der Waals surface area contributed by atoms with Crippen LogP contribution in [0.5, 0.6) is 0 Å². The van der Waals surface area contributed by atoms with Crippen molar-refractivity contribution >= 4 is 34.2 Å². The monoisotopic (exact) mass is 383 g/mol. The van der Waals surface area contributed by atoms with Crippen molar-refractivity contribution in [2.24, 2.45) is 0 Å². The van der Waals surface area contributed by atoms with Gasteiger partial charge in [-0.15, -0.1) is 10.2 Å². The number of rotatable bonds is 3. The standard InChI is InChI=1S/C18H21N7OS/c1-11-23-24-16(27-11)12-3-4-13-10-20-17(21-15(13)9-12)22-18(26)25-7-5-14(19-2)6-8-25/h3-4,9-10,14,19H,5-8H2,1-2H3,(H,20,21,22,26). The van der Waals surface area contributed by atoms with Crippen molar-refractivity contribution in [2.45, 2.75) is 25.8 Å². The van der Waals surface area contributed by atoms with E-state index in [1.54, 1.807) is 6.20 Å². The second-order valence-electron chi connectivity index (χ2n) is 6.57. The van der Waals surface area contributed by atoms with Gasteiger partial charge in [0.1, 0.15) is 10.0 Å². The third-order valence-electron chi connectivity index (χ3n) is 4.76. The average molecular weight is 383 g/mol. The number of likely N-dealkylation sites (tertiary alicyclic amines) is 1. The number of carbonyl (C=O) groups excluding carboxylic acids is 1. The van der Waals surface area contributed by atoms with Gasteiger partial charge in [0.25, 0.3) is 0 Å². The molecule has 0 aliphatic carbocycles. The number of carbonyl (C=O) groups is 1. The highest BCUT2D eigenvalue weighted by atomic mass is 32.1. The number of hydrogen-bond acceptors (Lipinski definition) is 7. The minimum absolute atomic E-state index is 0.153. The van der Waals surface area contributed by atoms with E-state index in [1.165, 1.54) is 11.3 Å². The molecule has 1 fully saturated rings. The molecule has 3 heterocycles. The molecule has 0 spiro atoms. The molecule has 8 nitrogen and oxygen atoms in total. The summed E-state index contributed by atoms with van der Waals surface area (Å²) in [4.78, 5) is 23.1. The molecule has 0 atom stereocenters. The highest BCUT2D eigenvalue weighted by molar-refractivity contribution is 7.14. The molecule has 0 saturated carbocycles. The Bertz CT molecular complexity index is 965. The van der Waals surface area contributed by atoms with Gasteiger partial charge in [0.15, 0.2) is 0 Å². The van der Waals surface area contributed by atoms with E-state index in [0.29, 0.717) is 12.0 Å². The molecule has 0 radical (unpaired) electrons. The summed E-state index contributed by atoms with van der Waals surface area (Å²) < 4.78 is 0. The van der Waals surface area contributed by atoms with Gasteiger partial charge >= 0.3 is 6.03 Å². The molecule has 2 aromatic heterocycles. The Hall–Kier alpha value is -2.65. The molecular formula is C18H21N7OS. The lowest BCUT2D eigenvalue weighted by molar-refractivity contribution is 0.190. The number of amides is 2. The van der Waals surface area contributed by atoms with Crippen LogP contribution in [0.25, 0.3) is 21.5 Å². The summed E-state index contributed by atoms with van der Waals surface area (Å²) >= 11 is 1.54. The second-order valence-corrected chi connectivity index (χ2v) is 7.76. The molecule has 9 heteroatoms. The zero-order valence-electron chi connectivity index (χ0n) is 15.3. The van der Waals surface area contributed by atoms with E-state index < -0.39 is 0 Å². The van der Waals surface area contributed by atoms with Crippen molar-refractivity contribution in [1.29, 1.82) is 0 Å². The van der Waals surface area contributed by atoms with Crippen LogP contribution in [0, 0.1) is 6.92 Å². The second kappa shape index (κ2) is 7.53. The number of hydrogen-bond donors (Lipinski definition) is 2. The van der Waals surface area contributed by atoms with E-state index in [0.717, 1.165) is 52.4 Å². The zero-order valence-corrected chi connectivity index (χ0v) is 16.1. The predicted octanol–water partition coefficient (Wildman–Crippen LogP) is 2.67. The third kappa shape index (κ3) is 3.88. The Kier molecular flexibility index (Phi) is 4.95. The zero-order chi connectivity index (χ0) is 18.8. The number of nitrogens with zero attached hydrogens (tertiary/aromatic N) is 5. The van der Waals surface area contributed by atoms with Gasteiger partial charge < -0.3 is 10.2 Å². The van der Waals surface area contributed by atoms with Crippen LogP contribution >= 0.6 is 11.3 Å². The highest BCUT2D eigenvalue weighted by Crippen LogP contribution is 2.26. The van der Waals surface area contributed by atoms with Crippen molar-refractivity contribution in [3.8, 4) is 10.6 Å². The number of fused-ring (bicyclic) bond motifs is 1. The lowest BCUT2D eigenvalue weighted by Gasteiger charge is -2.31. The Labute approximate surface area is 161 Å². The topological polar surface area (TPSA) is 95.9 Å². The lowest BCUT2D eigenvalue weighted by Crippen LogP contribution is -2.45. The number of urea groups is 1. The average Bonchev–Trinajstić information content (AvgIpc) is 3.14. The largest absolute Gasteiger partial charge is 0.324 e. The molecule has 0 bridgehead atoms. The van der Waals surface area contributed by atoms with Crippen molar-refractivity contribution in [1.82, 2.24) is 30.4 Å². The van der Waals surface area contributed by atoms with Crippen LogP contribution in [0.1, 0.15) is 17.8 Å². The first-order chi connectivity index (χ1) is 13.1. The SMILES string of the molecule is CNC1CCN(C(=O)Nc2ncc3ccc(-c4nnc(C)s4)cc3n2)CC1. The van der Waals surface area contributed by atoms with Gasteiger partial charge in [-0.2, -0.15) is 0 Å². The van der Waals surface area contributed by atoms with E-state index in [9.17, 15) is 4.79 Å². The molecule has 2 amide bonds. The quantitative estimate of drug-likeness (QED) is 0.722. The van der Waals surface area contributed by atoms with Crippen molar-refractivity contribution < 1.29 is 4.79 Å². The lowest BCUT2D eigenvalue weighted by atomic mass is 10.1. The Morgan fingerprint density at radius 1 is 1.26 bits per heavy atom. The molecule has 4 rings (SSSR count). The molecule has 27 heavy (non-hydrogen) atoms. The molecule has 1 saturated heterocycles. The summed E-state index contributed by atoms with van der Waals surface area (Å²) in [6, 6.07) is 6.21. The fourth-order valence-electron chi connectivity index (χ4n) is 3.18. The first-order valence-electron chi connectivity index (χ1n) is 8.93. The summed E-state index contributed by atoms with van der Waals surface area (Å²) in [7, 11) is 1.96. The third-order valence-corrected chi connectivity index (χ3v) is 5.65. The van der Waals surface area contributed by atoms with E-state index in [-0.39, 0.29) is 6.03 Å². The molecule has 1 aliphatic heterocycles. The van der Waals surface area contributed by atoms with Gasteiger partial charge in [0.2, 0.25) is 5.95 Å². The van der Waals surface area contributed by atoms with Gasteiger partial charge in [-0.3, -0.25) is 5.32 Å². The minimum atomic E-state index is -0.153. The number of anilines is 1. The summed E-state index contributed by atoms with van der Waals surface area (Å²) in [6.07, 6.45) is 3.63. The van der Waals surface area contributed by atoms with Gasteiger partial charge in [-0.05, 0) is 32.9 Å². The van der Waals surface area contributed by atoms with Gasteiger partial charge in [0.05, 0.1) is 5.52 Å². The van der Waals surface area contributed by atoms with E-state index >= 15 is 0 Å². The summed E-state index contributed by atoms with van der Waals surface area (Å²) in [5, 5.41) is 17.0. The molecule has 140 valence electrons. The highest BCUT2D eigenvalue weighted by Gasteiger charge is 2.22. The first-order valence-corrected chi connectivity index (χ1v) is 9.74. The molecule has 1 aliphatic rings. The van der Waals surface area contributed by atoms with E-state index in [1.807, 2.05) is 37.1 Å². The van der Waals surface area contributed by atoms with Crippen molar-refractivity contribution in [3.63, 3.8) is 0 Å². The number of piperidine rings is 1. The van der Waals surface area contributed by atoms with Crippen LogP contribution in [-0.4, -0.2) is 57.3 Å². The molecule has 3 aromatic rings. The van der Waals surface area contributed by atoms with Crippen LogP contribution in [-0.2, 0) is 0 Å². The van der Waals surface area contributed by atoms with E-state index in [2.05, 4.69) is 30.8 Å². The Morgan fingerprint density at radius 2 is 2.07 bits per heavy atom. The summed E-state index contributed by atoms with van der Waals surface area (Å²) in [5.74, 6) is 0.314. The number of aromatic nitrogens is 4. The maximum Gasteiger partial charge on any atom is 0.324 e. The normalized spacial score (nSPS) is 15.3. The van der Waals surface area contributed by atoms with Crippen LogP contribution in [0.2, 0.25) is 0 Å². The Balaban J connectivity index is 1.51. The van der Waals surface area contributed by atoms with Crippen molar-refractivity contribution in [3.05, 3.63) is 29.4 Å². The molecule has 0 unspecified atom stereocenters. The van der Waals surface area contributed by atoms with Crippen molar-refractivity contribution in [2.75, 3.05) is 25.5 Å². The fourth-order valence-corrected chi connectivity index (χ4v) is 3.86. The maximum absolute atomic E-state index is 12.5. The van der Waals surface area contributed by atoms with Gasteiger partial charge in [-0.1, -0.05) is 23.5 Å². The molecular weight excluding hydrogens is 362 g/mol. The summed E-state index contributed by atoms with van der Waals surface area (Å²) in [5.41, 5.74) is 1.72. The minimum Gasteiger partial charge on any atom is -0.324 e. The number of nitrogens with one attached hydrogen (secondary N) is 2. The van der Waals surface area contributed by atoms with Gasteiger partial charge in [0, 0.05) is 36.3 Å². The first kappa shape index (κ1) is 17.7. The predicted molar refractivity (Wildman–Crippen MR) is 106 cm³/mol. The van der Waals surface area contributed by atoms with Crippen LogP contribution in [0.3, 0.4) is 0 Å². The molecule has 2 N–H and O–H groups in total. The maximum atomic E-state index is 12.5. The van der Waals surface area contributed by atoms with Gasteiger partial charge in [-0.25, -0.2) is 14.8 Å². The smallest absolute Gasteiger partial charge is 0.324 e. The van der Waals surface area contributed by atoms with Crippen LogP contribution < -0.4 is 10.6 Å². The molecule has 1 aromatic carbocycles. The van der Waals surface area contributed by atoms with E-state index in [4.69, 9.17) is 0 Å². The fraction of sp³-hybridized carbons (Fsp3) is 0.389.